The van der Waals surface area contributed by atoms with E-state index < -0.39 is 5.97 Å². The Kier molecular flexibility index (Phi) is 5.56. The molecule has 1 aromatic carbocycles. The van der Waals surface area contributed by atoms with Crippen molar-refractivity contribution in [2.45, 2.75) is 44.8 Å². The summed E-state index contributed by atoms with van der Waals surface area (Å²) >= 11 is 0. The van der Waals surface area contributed by atoms with Crippen molar-refractivity contribution >= 4 is 5.97 Å². The van der Waals surface area contributed by atoms with Crippen molar-refractivity contribution in [1.82, 2.24) is 0 Å². The van der Waals surface area contributed by atoms with Gasteiger partial charge >= 0.3 is 5.97 Å². The van der Waals surface area contributed by atoms with Gasteiger partial charge in [-0.25, -0.2) is 4.79 Å². The third-order valence-electron chi connectivity index (χ3n) is 3.63. The molecule has 0 aromatic heterocycles. The topological polar surface area (TPSA) is 55.8 Å². The first-order valence-corrected chi connectivity index (χ1v) is 7.27. The second-order valence-electron chi connectivity index (χ2n) is 5.20. The van der Waals surface area contributed by atoms with E-state index in [9.17, 15) is 4.79 Å². The summed E-state index contributed by atoms with van der Waals surface area (Å²) in [6.07, 6.45) is 4.81. The van der Waals surface area contributed by atoms with Crippen LogP contribution >= 0.6 is 0 Å². The van der Waals surface area contributed by atoms with Crippen LogP contribution in [-0.2, 0) is 9.47 Å². The second-order valence-corrected chi connectivity index (χ2v) is 5.20. The van der Waals surface area contributed by atoms with Gasteiger partial charge in [0, 0.05) is 0 Å². The van der Waals surface area contributed by atoms with Gasteiger partial charge in [-0.05, 0) is 24.1 Å². The first-order valence-electron chi connectivity index (χ1n) is 7.27. The lowest BCUT2D eigenvalue weighted by atomic mass is 10.1. The second kappa shape index (κ2) is 7.41. The monoisotopic (exact) mass is 278 g/mol. The van der Waals surface area contributed by atoms with Crippen LogP contribution in [0.25, 0.3) is 0 Å². The molecular formula is C16H22O4. The molecule has 0 aliphatic carbocycles. The minimum atomic E-state index is -0.909. The van der Waals surface area contributed by atoms with E-state index in [1.54, 1.807) is 24.3 Å². The van der Waals surface area contributed by atoms with Gasteiger partial charge in [0.15, 0.2) is 0 Å². The molecule has 1 aromatic rings. The quantitative estimate of drug-likeness (QED) is 0.810. The zero-order valence-electron chi connectivity index (χ0n) is 11.9. The van der Waals surface area contributed by atoms with Crippen molar-refractivity contribution in [3.05, 3.63) is 35.4 Å². The van der Waals surface area contributed by atoms with E-state index in [2.05, 4.69) is 6.92 Å². The van der Waals surface area contributed by atoms with Crippen LogP contribution in [0.1, 0.15) is 54.6 Å². The van der Waals surface area contributed by atoms with Gasteiger partial charge < -0.3 is 14.6 Å². The molecular weight excluding hydrogens is 256 g/mol. The molecule has 1 aliphatic rings. The Morgan fingerprint density at radius 2 is 1.95 bits per heavy atom. The van der Waals surface area contributed by atoms with Crippen LogP contribution in [0.5, 0.6) is 0 Å². The normalized spacial score (nSPS) is 22.6. The minimum Gasteiger partial charge on any atom is -0.478 e. The van der Waals surface area contributed by atoms with E-state index in [-0.39, 0.29) is 12.2 Å². The fourth-order valence-electron chi connectivity index (χ4n) is 2.36. The van der Waals surface area contributed by atoms with Gasteiger partial charge in [-0.15, -0.1) is 0 Å². The van der Waals surface area contributed by atoms with Gasteiger partial charge in [0.1, 0.15) is 6.10 Å². The molecule has 1 saturated heterocycles. The van der Waals surface area contributed by atoms with Crippen LogP contribution in [0, 0.1) is 0 Å². The van der Waals surface area contributed by atoms with Crippen molar-refractivity contribution < 1.29 is 19.4 Å². The molecule has 20 heavy (non-hydrogen) atoms. The summed E-state index contributed by atoms with van der Waals surface area (Å²) < 4.78 is 11.7. The third-order valence-corrected chi connectivity index (χ3v) is 3.63. The van der Waals surface area contributed by atoms with Crippen molar-refractivity contribution in [2.75, 3.05) is 13.2 Å². The lowest BCUT2D eigenvalue weighted by Gasteiger charge is -2.30. The Hall–Kier alpha value is -1.39. The van der Waals surface area contributed by atoms with Crippen molar-refractivity contribution in [1.29, 1.82) is 0 Å². The maximum Gasteiger partial charge on any atom is 0.335 e. The minimum absolute atomic E-state index is 0.0831. The first-order chi connectivity index (χ1) is 9.70. The van der Waals surface area contributed by atoms with Crippen molar-refractivity contribution in [2.24, 2.45) is 0 Å². The Morgan fingerprint density at radius 1 is 1.20 bits per heavy atom. The maximum atomic E-state index is 10.8. The zero-order chi connectivity index (χ0) is 14.4. The molecule has 1 N–H and O–H groups in total. The summed E-state index contributed by atoms with van der Waals surface area (Å²) in [5.74, 6) is -0.909. The highest BCUT2D eigenvalue weighted by molar-refractivity contribution is 5.87. The highest BCUT2D eigenvalue weighted by Crippen LogP contribution is 2.25. The van der Waals surface area contributed by atoms with E-state index >= 15 is 0 Å². The molecule has 2 unspecified atom stereocenters. The fraction of sp³-hybridized carbons (Fsp3) is 0.562. The molecule has 1 aliphatic heterocycles. The first kappa shape index (κ1) is 15.0. The SMILES string of the molecule is CCCCCC1COC(c2ccc(C(=O)O)cc2)CO1. The average Bonchev–Trinajstić information content (AvgIpc) is 2.48. The molecule has 2 atom stereocenters. The maximum absolute atomic E-state index is 10.8. The van der Waals surface area contributed by atoms with E-state index in [1.165, 1.54) is 19.3 Å². The lowest BCUT2D eigenvalue weighted by molar-refractivity contribution is -0.137. The molecule has 0 saturated carbocycles. The molecule has 0 radical (unpaired) electrons. The molecule has 1 fully saturated rings. The number of aromatic carboxylic acids is 1. The van der Waals surface area contributed by atoms with Gasteiger partial charge in [-0.3, -0.25) is 0 Å². The van der Waals surface area contributed by atoms with Crippen LogP contribution in [0.15, 0.2) is 24.3 Å². The Balaban J connectivity index is 1.82. The number of carboxylic acid groups (broad SMARTS) is 1. The molecule has 1 heterocycles. The number of carboxylic acids is 1. The predicted molar refractivity (Wildman–Crippen MR) is 76.0 cm³/mol. The molecule has 0 spiro atoms. The van der Waals surface area contributed by atoms with Gasteiger partial charge in [0.2, 0.25) is 0 Å². The van der Waals surface area contributed by atoms with Crippen molar-refractivity contribution in [3.8, 4) is 0 Å². The lowest BCUT2D eigenvalue weighted by Crippen LogP contribution is -2.31. The zero-order valence-corrected chi connectivity index (χ0v) is 11.9. The number of hydrogen-bond donors (Lipinski definition) is 1. The van der Waals surface area contributed by atoms with Gasteiger partial charge in [0.25, 0.3) is 0 Å². The summed E-state index contributed by atoms with van der Waals surface area (Å²) in [5, 5.41) is 8.87. The summed E-state index contributed by atoms with van der Waals surface area (Å²) in [6.45, 7) is 3.35. The molecule has 4 nitrogen and oxygen atoms in total. The number of benzene rings is 1. The number of rotatable bonds is 6. The number of carbonyl (C=O) groups is 1. The van der Waals surface area contributed by atoms with Crippen LogP contribution < -0.4 is 0 Å². The summed E-state index contributed by atoms with van der Waals surface area (Å²) in [5.41, 5.74) is 1.27. The third kappa shape index (κ3) is 4.05. The number of hydrogen-bond acceptors (Lipinski definition) is 3. The molecule has 0 bridgehead atoms. The summed E-state index contributed by atoms with van der Waals surface area (Å²) in [7, 11) is 0. The smallest absolute Gasteiger partial charge is 0.335 e. The highest BCUT2D eigenvalue weighted by atomic mass is 16.6. The van der Waals surface area contributed by atoms with Crippen LogP contribution in [0.3, 0.4) is 0 Å². The van der Waals surface area contributed by atoms with Crippen molar-refractivity contribution in [3.63, 3.8) is 0 Å². The molecule has 4 heteroatoms. The van der Waals surface area contributed by atoms with Gasteiger partial charge in [-0.1, -0.05) is 38.3 Å². The Labute approximate surface area is 119 Å². The van der Waals surface area contributed by atoms with Crippen LogP contribution in [0.4, 0.5) is 0 Å². The predicted octanol–water partition coefficient (Wildman–Crippen LogP) is 3.42. The molecule has 2 rings (SSSR count). The van der Waals surface area contributed by atoms with E-state index in [0.717, 1.165) is 12.0 Å². The summed E-state index contributed by atoms with van der Waals surface area (Å²) in [6, 6.07) is 6.81. The molecule has 110 valence electrons. The number of ether oxygens (including phenoxy) is 2. The highest BCUT2D eigenvalue weighted by Gasteiger charge is 2.23. The standard InChI is InChI=1S/C16H22O4/c1-2-3-4-5-14-10-20-15(11-19-14)12-6-8-13(9-7-12)16(17)18/h6-9,14-15H,2-5,10-11H2,1H3,(H,17,18). The van der Waals surface area contributed by atoms with E-state index in [1.807, 2.05) is 0 Å². The van der Waals surface area contributed by atoms with E-state index in [0.29, 0.717) is 18.8 Å². The Morgan fingerprint density at radius 3 is 2.50 bits per heavy atom. The van der Waals surface area contributed by atoms with E-state index in [4.69, 9.17) is 14.6 Å². The average molecular weight is 278 g/mol. The largest absolute Gasteiger partial charge is 0.478 e. The Bertz CT molecular complexity index is 419. The van der Waals surface area contributed by atoms with Crippen LogP contribution in [-0.4, -0.2) is 30.4 Å². The van der Waals surface area contributed by atoms with Gasteiger partial charge in [0.05, 0.1) is 24.9 Å². The van der Waals surface area contributed by atoms with Gasteiger partial charge in [-0.2, -0.15) is 0 Å². The number of unbranched alkanes of at least 4 members (excludes halogenated alkanes) is 2. The fourth-order valence-corrected chi connectivity index (χ4v) is 2.36. The van der Waals surface area contributed by atoms with Crippen LogP contribution in [0.2, 0.25) is 0 Å². The molecule has 0 amide bonds. The summed E-state index contributed by atoms with van der Waals surface area (Å²) in [4.78, 5) is 10.8.